The molecule has 18 heavy (non-hydrogen) atoms. The lowest BCUT2D eigenvalue weighted by Crippen LogP contribution is -2.31. The maximum absolute atomic E-state index is 5.60. The molecule has 1 fully saturated rings. The minimum Gasteiger partial charge on any atom is -0.496 e. The topological polar surface area (TPSA) is 30.5 Å². The van der Waals surface area contributed by atoms with E-state index in [0.29, 0.717) is 12.0 Å². The maximum Gasteiger partial charge on any atom is 0.121 e. The summed E-state index contributed by atoms with van der Waals surface area (Å²) in [4.78, 5) is 0. The van der Waals surface area contributed by atoms with E-state index in [4.69, 9.17) is 9.47 Å². The summed E-state index contributed by atoms with van der Waals surface area (Å²) in [6, 6.07) is 6.80. The van der Waals surface area contributed by atoms with E-state index in [0.717, 1.165) is 25.4 Å². The van der Waals surface area contributed by atoms with Gasteiger partial charge in [0.05, 0.1) is 13.7 Å². The van der Waals surface area contributed by atoms with E-state index in [1.165, 1.54) is 17.5 Å². The second kappa shape index (κ2) is 6.21. The Hall–Kier alpha value is -1.06. The molecule has 2 atom stereocenters. The molecule has 0 spiro atoms. The quantitative estimate of drug-likeness (QED) is 0.890. The van der Waals surface area contributed by atoms with Crippen LogP contribution in [0, 0.1) is 12.8 Å². The highest BCUT2D eigenvalue weighted by Crippen LogP contribution is 2.30. The summed E-state index contributed by atoms with van der Waals surface area (Å²) < 4.78 is 10.9. The van der Waals surface area contributed by atoms with Gasteiger partial charge in [0.2, 0.25) is 0 Å². The lowest BCUT2D eigenvalue weighted by molar-refractivity contribution is 0.0402. The SMILES string of the molecule is CNC(c1ccc(OC)c(C)c1)C1CCCOC1. The van der Waals surface area contributed by atoms with Crippen LogP contribution < -0.4 is 10.1 Å². The average molecular weight is 249 g/mol. The molecular formula is C15H23NO2. The van der Waals surface area contributed by atoms with Crippen molar-refractivity contribution in [3.05, 3.63) is 29.3 Å². The molecule has 2 rings (SSSR count). The second-order valence-corrected chi connectivity index (χ2v) is 4.97. The van der Waals surface area contributed by atoms with E-state index in [1.54, 1.807) is 7.11 Å². The molecule has 3 heteroatoms. The monoisotopic (exact) mass is 249 g/mol. The summed E-state index contributed by atoms with van der Waals surface area (Å²) >= 11 is 0. The summed E-state index contributed by atoms with van der Waals surface area (Å²) in [7, 11) is 3.74. The largest absolute Gasteiger partial charge is 0.496 e. The molecule has 0 bridgehead atoms. The van der Waals surface area contributed by atoms with Crippen LogP contribution in [0.1, 0.15) is 30.0 Å². The fraction of sp³-hybridized carbons (Fsp3) is 0.600. The highest BCUT2D eigenvalue weighted by molar-refractivity contribution is 5.37. The Morgan fingerprint density at radius 2 is 2.28 bits per heavy atom. The minimum absolute atomic E-state index is 0.370. The Labute approximate surface area is 109 Å². The molecule has 1 N–H and O–H groups in total. The number of hydrogen-bond donors (Lipinski definition) is 1. The average Bonchev–Trinajstić information content (AvgIpc) is 2.41. The Kier molecular flexibility index (Phi) is 4.61. The van der Waals surface area contributed by atoms with Gasteiger partial charge in [0, 0.05) is 18.6 Å². The van der Waals surface area contributed by atoms with Gasteiger partial charge >= 0.3 is 0 Å². The molecule has 0 aromatic heterocycles. The first-order valence-electron chi connectivity index (χ1n) is 6.65. The number of benzene rings is 1. The van der Waals surface area contributed by atoms with E-state index in [2.05, 4.69) is 30.4 Å². The van der Waals surface area contributed by atoms with Crippen molar-refractivity contribution in [2.45, 2.75) is 25.8 Å². The third kappa shape index (κ3) is 2.85. The summed E-state index contributed by atoms with van der Waals surface area (Å²) in [6.07, 6.45) is 2.40. The van der Waals surface area contributed by atoms with Gasteiger partial charge in [-0.25, -0.2) is 0 Å². The zero-order valence-electron chi connectivity index (χ0n) is 11.5. The smallest absolute Gasteiger partial charge is 0.121 e. The predicted molar refractivity (Wildman–Crippen MR) is 73.1 cm³/mol. The van der Waals surface area contributed by atoms with Gasteiger partial charge in [-0.15, -0.1) is 0 Å². The Morgan fingerprint density at radius 1 is 1.44 bits per heavy atom. The van der Waals surface area contributed by atoms with Crippen LogP contribution in [-0.4, -0.2) is 27.4 Å². The molecule has 1 aliphatic heterocycles. The predicted octanol–water partition coefficient (Wildman–Crippen LogP) is 2.69. The van der Waals surface area contributed by atoms with Crippen molar-refractivity contribution in [1.29, 1.82) is 0 Å². The van der Waals surface area contributed by atoms with E-state index in [-0.39, 0.29) is 0 Å². The van der Waals surface area contributed by atoms with Crippen molar-refractivity contribution >= 4 is 0 Å². The van der Waals surface area contributed by atoms with Crippen LogP contribution in [0.3, 0.4) is 0 Å². The number of rotatable bonds is 4. The molecule has 3 nitrogen and oxygen atoms in total. The summed E-state index contributed by atoms with van der Waals surface area (Å²) in [6.45, 7) is 3.86. The van der Waals surface area contributed by atoms with E-state index in [9.17, 15) is 0 Å². The van der Waals surface area contributed by atoms with Gasteiger partial charge in [-0.1, -0.05) is 12.1 Å². The van der Waals surface area contributed by atoms with Crippen LogP contribution in [0.15, 0.2) is 18.2 Å². The Bertz CT molecular complexity index is 386. The molecule has 0 radical (unpaired) electrons. The van der Waals surface area contributed by atoms with Crippen LogP contribution in [-0.2, 0) is 4.74 Å². The number of hydrogen-bond acceptors (Lipinski definition) is 3. The minimum atomic E-state index is 0.370. The summed E-state index contributed by atoms with van der Waals surface area (Å²) in [5.41, 5.74) is 2.51. The normalized spacial score (nSPS) is 21.6. The van der Waals surface area contributed by atoms with Gasteiger partial charge in [-0.05, 0) is 44.0 Å². The van der Waals surface area contributed by atoms with Crippen molar-refractivity contribution in [3.8, 4) is 5.75 Å². The van der Waals surface area contributed by atoms with Crippen molar-refractivity contribution in [2.75, 3.05) is 27.4 Å². The van der Waals surface area contributed by atoms with E-state index < -0.39 is 0 Å². The van der Waals surface area contributed by atoms with Gasteiger partial charge in [0.25, 0.3) is 0 Å². The molecule has 0 aliphatic carbocycles. The van der Waals surface area contributed by atoms with E-state index >= 15 is 0 Å². The van der Waals surface area contributed by atoms with E-state index in [1.807, 2.05) is 7.05 Å². The highest BCUT2D eigenvalue weighted by Gasteiger charge is 2.24. The molecule has 1 heterocycles. The number of nitrogens with one attached hydrogen (secondary N) is 1. The van der Waals surface area contributed by atoms with Crippen molar-refractivity contribution in [3.63, 3.8) is 0 Å². The Morgan fingerprint density at radius 3 is 2.83 bits per heavy atom. The first kappa shape index (κ1) is 13.4. The molecule has 1 aliphatic rings. The zero-order chi connectivity index (χ0) is 13.0. The van der Waals surface area contributed by atoms with Crippen LogP contribution >= 0.6 is 0 Å². The molecule has 1 saturated heterocycles. The van der Waals surface area contributed by atoms with Crippen molar-refractivity contribution in [2.24, 2.45) is 5.92 Å². The number of ether oxygens (including phenoxy) is 2. The molecule has 2 unspecified atom stereocenters. The fourth-order valence-electron chi connectivity index (χ4n) is 2.80. The third-order valence-corrected chi connectivity index (χ3v) is 3.76. The van der Waals surface area contributed by atoms with Crippen LogP contribution in [0.25, 0.3) is 0 Å². The standard InChI is InChI=1S/C15H23NO2/c1-11-9-12(6-7-14(11)17-3)15(16-2)13-5-4-8-18-10-13/h6-7,9,13,15-16H,4-5,8,10H2,1-3H3. The zero-order valence-corrected chi connectivity index (χ0v) is 11.5. The maximum atomic E-state index is 5.60. The van der Waals surface area contributed by atoms with Crippen molar-refractivity contribution in [1.82, 2.24) is 5.32 Å². The lowest BCUT2D eigenvalue weighted by Gasteiger charge is -2.30. The first-order chi connectivity index (χ1) is 8.76. The van der Waals surface area contributed by atoms with Crippen LogP contribution in [0.4, 0.5) is 0 Å². The Balaban J connectivity index is 2.18. The van der Waals surface area contributed by atoms with Gasteiger partial charge in [-0.3, -0.25) is 0 Å². The highest BCUT2D eigenvalue weighted by atomic mass is 16.5. The molecular weight excluding hydrogens is 226 g/mol. The van der Waals surface area contributed by atoms with Gasteiger partial charge in [0.1, 0.15) is 5.75 Å². The molecule has 100 valence electrons. The second-order valence-electron chi connectivity index (χ2n) is 4.97. The summed E-state index contributed by atoms with van der Waals surface area (Å²) in [5, 5.41) is 3.43. The summed E-state index contributed by atoms with van der Waals surface area (Å²) in [5.74, 6) is 1.52. The van der Waals surface area contributed by atoms with Gasteiger partial charge < -0.3 is 14.8 Å². The molecule has 1 aromatic carbocycles. The molecule has 0 amide bonds. The first-order valence-corrected chi connectivity index (χ1v) is 6.65. The molecule has 0 saturated carbocycles. The van der Waals surface area contributed by atoms with Crippen molar-refractivity contribution < 1.29 is 9.47 Å². The van der Waals surface area contributed by atoms with Gasteiger partial charge in [-0.2, -0.15) is 0 Å². The van der Waals surface area contributed by atoms with Gasteiger partial charge in [0.15, 0.2) is 0 Å². The van der Waals surface area contributed by atoms with Crippen LogP contribution in [0.2, 0.25) is 0 Å². The van der Waals surface area contributed by atoms with Crippen LogP contribution in [0.5, 0.6) is 5.75 Å². The third-order valence-electron chi connectivity index (χ3n) is 3.76. The molecule has 1 aromatic rings. The lowest BCUT2D eigenvalue weighted by atomic mass is 9.88. The fourth-order valence-corrected chi connectivity index (χ4v) is 2.80. The number of methoxy groups -OCH3 is 1. The number of aryl methyl sites for hydroxylation is 1.